The van der Waals surface area contributed by atoms with Crippen LogP contribution in [-0.4, -0.2) is 36.9 Å². The van der Waals surface area contributed by atoms with Crippen molar-refractivity contribution in [1.82, 2.24) is 14.8 Å². The van der Waals surface area contributed by atoms with E-state index in [1.807, 2.05) is 32.0 Å². The largest absolute Gasteiger partial charge is 0.360 e. The average Bonchev–Trinajstić information content (AvgIpc) is 3.04. The zero-order valence-electron chi connectivity index (χ0n) is 17.4. The Bertz CT molecular complexity index is 956. The van der Waals surface area contributed by atoms with Gasteiger partial charge >= 0.3 is 0 Å². The van der Waals surface area contributed by atoms with E-state index in [2.05, 4.69) is 16.5 Å². The Balaban J connectivity index is 1.56. The molecule has 29 heavy (non-hydrogen) atoms. The van der Waals surface area contributed by atoms with E-state index >= 15 is 0 Å². The summed E-state index contributed by atoms with van der Waals surface area (Å²) in [5.74, 6) is 0.319. The van der Waals surface area contributed by atoms with Crippen LogP contribution < -0.4 is 5.32 Å². The Kier molecular flexibility index (Phi) is 6.43. The number of aromatic nitrogens is 1. The van der Waals surface area contributed by atoms with Crippen LogP contribution in [0.4, 0.5) is 0 Å². The molecule has 0 saturated carbocycles. The third kappa shape index (κ3) is 4.70. The molecule has 2 aromatic rings. The number of sulfonamides is 1. The molecular formula is C21H29N3O4S. The minimum absolute atomic E-state index is 0.0125. The van der Waals surface area contributed by atoms with Crippen molar-refractivity contribution in [3.63, 3.8) is 0 Å². The van der Waals surface area contributed by atoms with Crippen molar-refractivity contribution in [2.45, 2.75) is 52.0 Å². The Morgan fingerprint density at radius 1 is 1.28 bits per heavy atom. The molecule has 1 amide bonds. The Morgan fingerprint density at radius 2 is 1.97 bits per heavy atom. The smallest absolute Gasteiger partial charge is 0.248 e. The van der Waals surface area contributed by atoms with Crippen LogP contribution in [0, 0.1) is 32.6 Å². The molecular weight excluding hydrogens is 390 g/mol. The summed E-state index contributed by atoms with van der Waals surface area (Å²) >= 11 is 0. The van der Waals surface area contributed by atoms with Crippen LogP contribution in [0.5, 0.6) is 0 Å². The van der Waals surface area contributed by atoms with Gasteiger partial charge in [0, 0.05) is 25.6 Å². The summed E-state index contributed by atoms with van der Waals surface area (Å²) in [6.07, 6.45) is 1.31. The predicted molar refractivity (Wildman–Crippen MR) is 110 cm³/mol. The maximum absolute atomic E-state index is 12.9. The van der Waals surface area contributed by atoms with Gasteiger partial charge in [-0.2, -0.15) is 4.31 Å². The van der Waals surface area contributed by atoms with E-state index in [4.69, 9.17) is 4.52 Å². The molecule has 0 aliphatic carbocycles. The second-order valence-corrected chi connectivity index (χ2v) is 9.77. The molecule has 1 aliphatic heterocycles. The van der Waals surface area contributed by atoms with E-state index in [0.717, 1.165) is 11.1 Å². The minimum atomic E-state index is -3.62. The molecule has 1 unspecified atom stereocenters. The summed E-state index contributed by atoms with van der Waals surface area (Å²) in [6, 6.07) is 8.06. The maximum Gasteiger partial charge on any atom is 0.248 e. The highest BCUT2D eigenvalue weighted by atomic mass is 32.2. The first-order chi connectivity index (χ1) is 13.7. The van der Waals surface area contributed by atoms with E-state index in [1.54, 1.807) is 13.8 Å². The van der Waals surface area contributed by atoms with Crippen LogP contribution in [0.1, 0.15) is 42.3 Å². The highest BCUT2D eigenvalue weighted by molar-refractivity contribution is 7.89. The molecule has 7 nitrogen and oxygen atoms in total. The van der Waals surface area contributed by atoms with Gasteiger partial charge in [-0.15, -0.1) is 0 Å². The van der Waals surface area contributed by atoms with Crippen LogP contribution in [0.3, 0.4) is 0 Å². The molecule has 1 atom stereocenters. The zero-order valence-corrected chi connectivity index (χ0v) is 18.3. The number of carbonyl (C=O) groups excluding carboxylic acids is 1. The van der Waals surface area contributed by atoms with Gasteiger partial charge in [-0.05, 0) is 45.1 Å². The number of carbonyl (C=O) groups is 1. The second kappa shape index (κ2) is 8.67. The first-order valence-corrected chi connectivity index (χ1v) is 11.4. The number of nitrogens with zero attached hydrogens (tertiary/aromatic N) is 2. The molecule has 0 spiro atoms. The lowest BCUT2D eigenvalue weighted by molar-refractivity contribution is -0.126. The van der Waals surface area contributed by atoms with Crippen LogP contribution in [0.25, 0.3) is 0 Å². The molecule has 3 rings (SSSR count). The SMILES string of the molecule is Cc1cccc(CNC(=O)C(C)C2CCN(S(=O)(=O)c3c(C)noc3C)CC2)c1. The predicted octanol–water partition coefficient (Wildman–Crippen LogP) is 2.95. The van der Waals surface area contributed by atoms with Crippen LogP contribution in [0.15, 0.2) is 33.7 Å². The third-order valence-electron chi connectivity index (χ3n) is 5.73. The zero-order chi connectivity index (χ0) is 21.2. The lowest BCUT2D eigenvalue weighted by Crippen LogP contribution is -2.42. The van der Waals surface area contributed by atoms with E-state index < -0.39 is 10.0 Å². The number of aryl methyl sites for hydroxylation is 3. The molecule has 158 valence electrons. The fraction of sp³-hybridized carbons (Fsp3) is 0.524. The fourth-order valence-electron chi connectivity index (χ4n) is 3.97. The van der Waals surface area contributed by atoms with E-state index in [0.29, 0.717) is 43.9 Å². The summed E-state index contributed by atoms with van der Waals surface area (Å²) in [4.78, 5) is 12.8. The Labute approximate surface area is 172 Å². The minimum Gasteiger partial charge on any atom is -0.360 e. The summed E-state index contributed by atoms with van der Waals surface area (Å²) < 4.78 is 32.4. The molecule has 0 radical (unpaired) electrons. The summed E-state index contributed by atoms with van der Waals surface area (Å²) in [5.41, 5.74) is 2.62. The van der Waals surface area contributed by atoms with Crippen molar-refractivity contribution in [1.29, 1.82) is 0 Å². The van der Waals surface area contributed by atoms with E-state index in [9.17, 15) is 13.2 Å². The van der Waals surface area contributed by atoms with Crippen molar-refractivity contribution in [2.24, 2.45) is 11.8 Å². The molecule has 1 aliphatic rings. The number of hydrogen-bond donors (Lipinski definition) is 1. The molecule has 1 aromatic carbocycles. The lowest BCUT2D eigenvalue weighted by atomic mass is 9.85. The normalized spacial score (nSPS) is 17.2. The molecule has 2 heterocycles. The van der Waals surface area contributed by atoms with Crippen LogP contribution in [-0.2, 0) is 21.4 Å². The first kappa shape index (κ1) is 21.5. The number of amides is 1. The molecule has 1 N–H and O–H groups in total. The highest BCUT2D eigenvalue weighted by Gasteiger charge is 2.36. The van der Waals surface area contributed by atoms with Crippen molar-refractivity contribution < 1.29 is 17.7 Å². The monoisotopic (exact) mass is 419 g/mol. The van der Waals surface area contributed by atoms with Gasteiger partial charge in [0.05, 0.1) is 0 Å². The molecule has 1 saturated heterocycles. The van der Waals surface area contributed by atoms with Crippen molar-refractivity contribution >= 4 is 15.9 Å². The van der Waals surface area contributed by atoms with Gasteiger partial charge in [-0.25, -0.2) is 8.42 Å². The van der Waals surface area contributed by atoms with Gasteiger partial charge in [0.25, 0.3) is 0 Å². The summed E-state index contributed by atoms with van der Waals surface area (Å²) in [7, 11) is -3.62. The van der Waals surface area contributed by atoms with Gasteiger partial charge in [-0.1, -0.05) is 41.9 Å². The number of benzene rings is 1. The van der Waals surface area contributed by atoms with Crippen LogP contribution in [0.2, 0.25) is 0 Å². The third-order valence-corrected chi connectivity index (χ3v) is 7.88. The van der Waals surface area contributed by atoms with Crippen LogP contribution >= 0.6 is 0 Å². The lowest BCUT2D eigenvalue weighted by Gasteiger charge is -2.33. The topological polar surface area (TPSA) is 92.5 Å². The fourth-order valence-corrected chi connectivity index (χ4v) is 5.74. The molecule has 8 heteroatoms. The Morgan fingerprint density at radius 3 is 2.55 bits per heavy atom. The first-order valence-electron chi connectivity index (χ1n) is 9.96. The average molecular weight is 420 g/mol. The quantitative estimate of drug-likeness (QED) is 0.777. The number of piperidine rings is 1. The molecule has 1 aromatic heterocycles. The standard InChI is InChI=1S/C21H29N3O4S/c1-14-6-5-7-18(12-14)13-22-21(25)15(2)19-8-10-24(11-9-19)29(26,27)20-16(3)23-28-17(20)4/h5-7,12,15,19H,8-11,13H2,1-4H3,(H,22,25). The molecule has 0 bridgehead atoms. The van der Waals surface area contributed by atoms with Crippen molar-refractivity contribution in [3.8, 4) is 0 Å². The summed E-state index contributed by atoms with van der Waals surface area (Å²) in [6.45, 7) is 8.49. The number of rotatable bonds is 6. The molecule has 1 fully saturated rings. The maximum atomic E-state index is 12.9. The number of hydrogen-bond acceptors (Lipinski definition) is 5. The van der Waals surface area contributed by atoms with Gasteiger partial charge in [0.1, 0.15) is 10.6 Å². The van der Waals surface area contributed by atoms with Gasteiger partial charge in [-0.3, -0.25) is 4.79 Å². The highest BCUT2D eigenvalue weighted by Crippen LogP contribution is 2.30. The van der Waals surface area contributed by atoms with Gasteiger partial charge < -0.3 is 9.84 Å². The van der Waals surface area contributed by atoms with Gasteiger partial charge in [0.15, 0.2) is 5.76 Å². The van der Waals surface area contributed by atoms with E-state index in [-0.39, 0.29) is 22.6 Å². The number of nitrogens with one attached hydrogen (secondary N) is 1. The van der Waals surface area contributed by atoms with Crippen molar-refractivity contribution in [3.05, 3.63) is 46.8 Å². The van der Waals surface area contributed by atoms with E-state index in [1.165, 1.54) is 4.31 Å². The Hall–Kier alpha value is -2.19. The van der Waals surface area contributed by atoms with Crippen molar-refractivity contribution in [2.75, 3.05) is 13.1 Å². The summed E-state index contributed by atoms with van der Waals surface area (Å²) in [5, 5.41) is 6.77. The van der Waals surface area contributed by atoms with Gasteiger partial charge in [0.2, 0.25) is 15.9 Å². The second-order valence-electron chi connectivity index (χ2n) is 7.89.